The summed E-state index contributed by atoms with van der Waals surface area (Å²) < 4.78 is 16.3. The molecule has 0 saturated heterocycles. The Balaban J connectivity index is 1.56. The predicted molar refractivity (Wildman–Crippen MR) is 127 cm³/mol. The van der Waals surface area contributed by atoms with Crippen molar-refractivity contribution in [2.75, 3.05) is 26.6 Å². The van der Waals surface area contributed by atoms with Gasteiger partial charge in [-0.05, 0) is 30.2 Å². The van der Waals surface area contributed by atoms with Crippen LogP contribution < -0.4 is 19.5 Å². The molecule has 0 spiro atoms. The lowest BCUT2D eigenvalue weighted by molar-refractivity contribution is 0.102. The third-order valence-corrected chi connectivity index (χ3v) is 6.53. The maximum Gasteiger partial charge on any atom is 0.273 e. The van der Waals surface area contributed by atoms with Gasteiger partial charge in [0.15, 0.2) is 16.6 Å². The molecule has 0 radical (unpaired) electrons. The molecular weight excluding hydrogens is 450 g/mol. The normalized spacial score (nSPS) is 10.9. The molecule has 32 heavy (non-hydrogen) atoms. The molecule has 2 N–H and O–H groups in total. The first-order valence-electron chi connectivity index (χ1n) is 9.76. The standard InChI is InChI=1S/C23H22ClN3O4S/c1-12-6-5-7-13(18(12)24)8-15-11-25-23(32-15)27-22(28)16-9-14-10-17(29-2)20(30-3)21(31-4)19(14)26-16/h5-7,9-11,26H,8H2,1-4H3,(H,25,27,28). The monoisotopic (exact) mass is 471 g/mol. The quantitative estimate of drug-likeness (QED) is 0.374. The van der Waals surface area contributed by atoms with E-state index in [1.807, 2.05) is 25.1 Å². The van der Waals surface area contributed by atoms with E-state index in [0.29, 0.717) is 40.0 Å². The largest absolute Gasteiger partial charge is 0.493 e. The number of methoxy groups -OCH3 is 3. The highest BCUT2D eigenvalue weighted by Crippen LogP contribution is 2.43. The Morgan fingerprint density at radius 2 is 1.94 bits per heavy atom. The van der Waals surface area contributed by atoms with E-state index < -0.39 is 0 Å². The molecule has 2 aromatic carbocycles. The number of nitrogens with one attached hydrogen (secondary N) is 2. The molecule has 4 aromatic rings. The highest BCUT2D eigenvalue weighted by molar-refractivity contribution is 7.15. The van der Waals surface area contributed by atoms with Crippen molar-refractivity contribution in [1.29, 1.82) is 0 Å². The molecule has 4 rings (SSSR count). The van der Waals surface area contributed by atoms with Crippen LogP contribution in [0, 0.1) is 6.92 Å². The average Bonchev–Trinajstić information content (AvgIpc) is 3.42. The van der Waals surface area contributed by atoms with Crippen molar-refractivity contribution in [2.45, 2.75) is 13.3 Å². The molecule has 2 heterocycles. The number of thiazole rings is 1. The summed E-state index contributed by atoms with van der Waals surface area (Å²) in [5.41, 5.74) is 3.07. The third-order valence-electron chi connectivity index (χ3n) is 5.08. The minimum Gasteiger partial charge on any atom is -0.493 e. The smallest absolute Gasteiger partial charge is 0.273 e. The first-order chi connectivity index (χ1) is 15.4. The van der Waals surface area contributed by atoms with Gasteiger partial charge in [-0.2, -0.15) is 0 Å². The maximum absolute atomic E-state index is 12.9. The average molecular weight is 472 g/mol. The van der Waals surface area contributed by atoms with Gasteiger partial charge in [-0.25, -0.2) is 4.98 Å². The Hall–Kier alpha value is -3.23. The zero-order valence-electron chi connectivity index (χ0n) is 18.0. The van der Waals surface area contributed by atoms with Crippen molar-refractivity contribution in [1.82, 2.24) is 9.97 Å². The Bertz CT molecular complexity index is 1300. The van der Waals surface area contributed by atoms with E-state index in [1.165, 1.54) is 25.6 Å². The fraction of sp³-hybridized carbons (Fsp3) is 0.217. The van der Waals surface area contributed by atoms with Crippen LogP contribution in [-0.4, -0.2) is 37.2 Å². The number of carbonyl (C=O) groups excluding carboxylic acids is 1. The topological polar surface area (TPSA) is 85.5 Å². The molecule has 9 heteroatoms. The van der Waals surface area contributed by atoms with Crippen LogP contribution in [-0.2, 0) is 6.42 Å². The van der Waals surface area contributed by atoms with Crippen molar-refractivity contribution >= 4 is 44.9 Å². The van der Waals surface area contributed by atoms with Crippen LogP contribution in [0.5, 0.6) is 17.2 Å². The number of ether oxygens (including phenoxy) is 3. The first kappa shape index (κ1) is 22.0. The SMILES string of the molecule is COc1cc2cc(C(=O)Nc3ncc(Cc4cccc(C)c4Cl)s3)[nH]c2c(OC)c1OC. The maximum atomic E-state index is 12.9. The molecule has 0 fully saturated rings. The van der Waals surface area contributed by atoms with Crippen LogP contribution in [0.2, 0.25) is 5.02 Å². The van der Waals surface area contributed by atoms with Crippen LogP contribution in [0.15, 0.2) is 36.5 Å². The van der Waals surface area contributed by atoms with Gasteiger partial charge in [0, 0.05) is 27.9 Å². The van der Waals surface area contributed by atoms with E-state index in [0.717, 1.165) is 26.4 Å². The van der Waals surface area contributed by atoms with Crippen molar-refractivity contribution in [2.24, 2.45) is 0 Å². The molecule has 0 unspecified atom stereocenters. The fourth-order valence-electron chi connectivity index (χ4n) is 3.51. The van der Waals surface area contributed by atoms with Gasteiger partial charge in [0.05, 0.1) is 26.8 Å². The number of benzene rings is 2. The number of nitrogens with zero attached hydrogens (tertiary/aromatic N) is 1. The zero-order valence-corrected chi connectivity index (χ0v) is 19.6. The fourth-order valence-corrected chi connectivity index (χ4v) is 4.53. The second kappa shape index (κ2) is 9.10. The van der Waals surface area contributed by atoms with Gasteiger partial charge in [0.2, 0.25) is 5.75 Å². The number of aryl methyl sites for hydroxylation is 1. The van der Waals surface area contributed by atoms with Gasteiger partial charge in [0.25, 0.3) is 5.91 Å². The lowest BCUT2D eigenvalue weighted by Gasteiger charge is -2.12. The molecule has 0 saturated carbocycles. The molecule has 0 aliphatic heterocycles. The number of anilines is 1. The summed E-state index contributed by atoms with van der Waals surface area (Å²) in [7, 11) is 4.62. The predicted octanol–water partition coefficient (Wildman–Crippen LogP) is 5.46. The van der Waals surface area contributed by atoms with Crippen molar-refractivity contribution < 1.29 is 19.0 Å². The summed E-state index contributed by atoms with van der Waals surface area (Å²) in [6.07, 6.45) is 2.40. The molecule has 7 nitrogen and oxygen atoms in total. The van der Waals surface area contributed by atoms with Gasteiger partial charge >= 0.3 is 0 Å². The molecule has 0 bridgehead atoms. The molecule has 1 amide bonds. The number of hydrogen-bond donors (Lipinski definition) is 2. The first-order valence-corrected chi connectivity index (χ1v) is 11.0. The van der Waals surface area contributed by atoms with E-state index in [4.69, 9.17) is 25.8 Å². The highest BCUT2D eigenvalue weighted by atomic mass is 35.5. The number of fused-ring (bicyclic) bond motifs is 1. The van der Waals surface area contributed by atoms with Gasteiger partial charge in [-0.1, -0.05) is 29.8 Å². The van der Waals surface area contributed by atoms with E-state index in [9.17, 15) is 4.79 Å². The third kappa shape index (κ3) is 4.11. The number of rotatable bonds is 7. The molecule has 0 aliphatic carbocycles. The van der Waals surface area contributed by atoms with E-state index in [2.05, 4.69) is 15.3 Å². The van der Waals surface area contributed by atoms with Crippen molar-refractivity contribution in [3.63, 3.8) is 0 Å². The zero-order chi connectivity index (χ0) is 22.8. The van der Waals surface area contributed by atoms with Crippen molar-refractivity contribution in [3.05, 3.63) is 63.2 Å². The molecule has 166 valence electrons. The Labute approximate surface area is 194 Å². The number of carbonyl (C=O) groups is 1. The lowest BCUT2D eigenvalue weighted by Crippen LogP contribution is -2.11. The second-order valence-corrected chi connectivity index (χ2v) is 8.60. The van der Waals surface area contributed by atoms with Crippen LogP contribution in [0.1, 0.15) is 26.5 Å². The van der Waals surface area contributed by atoms with Gasteiger partial charge < -0.3 is 19.2 Å². The van der Waals surface area contributed by atoms with Crippen molar-refractivity contribution in [3.8, 4) is 17.2 Å². The second-order valence-electron chi connectivity index (χ2n) is 7.10. The summed E-state index contributed by atoms with van der Waals surface area (Å²) >= 11 is 7.81. The summed E-state index contributed by atoms with van der Waals surface area (Å²) in [6.45, 7) is 1.98. The minimum atomic E-state index is -0.310. The van der Waals surface area contributed by atoms with Gasteiger partial charge in [0.1, 0.15) is 5.69 Å². The molecule has 0 aliphatic rings. The molecule has 2 aromatic heterocycles. The summed E-state index contributed by atoms with van der Waals surface area (Å²) in [5.74, 6) is 1.13. The highest BCUT2D eigenvalue weighted by Gasteiger charge is 2.20. The van der Waals surface area contributed by atoms with Gasteiger partial charge in [-0.15, -0.1) is 11.3 Å². The van der Waals surface area contributed by atoms with E-state index in [1.54, 1.807) is 25.4 Å². The van der Waals surface area contributed by atoms with E-state index >= 15 is 0 Å². The number of amides is 1. The molecular formula is C23H22ClN3O4S. The molecule has 0 atom stereocenters. The Morgan fingerprint density at radius 3 is 2.66 bits per heavy atom. The van der Waals surface area contributed by atoms with Gasteiger partial charge in [-0.3, -0.25) is 10.1 Å². The van der Waals surface area contributed by atoms with Crippen LogP contribution >= 0.6 is 22.9 Å². The van der Waals surface area contributed by atoms with Crippen LogP contribution in [0.25, 0.3) is 10.9 Å². The summed E-state index contributed by atoms with van der Waals surface area (Å²) in [5, 5.41) is 4.87. The Morgan fingerprint density at radius 1 is 1.16 bits per heavy atom. The number of aromatic nitrogens is 2. The van der Waals surface area contributed by atoms with Crippen LogP contribution in [0.4, 0.5) is 5.13 Å². The van der Waals surface area contributed by atoms with E-state index in [-0.39, 0.29) is 5.91 Å². The number of aromatic amines is 1. The Kier molecular flexibility index (Phi) is 6.25. The number of hydrogen-bond acceptors (Lipinski definition) is 6. The number of halogens is 1. The summed E-state index contributed by atoms with van der Waals surface area (Å²) in [4.78, 5) is 21.3. The van der Waals surface area contributed by atoms with Crippen LogP contribution in [0.3, 0.4) is 0 Å². The minimum absolute atomic E-state index is 0.310. The lowest BCUT2D eigenvalue weighted by atomic mass is 10.1. The number of H-pyrrole nitrogens is 1. The summed E-state index contributed by atoms with van der Waals surface area (Å²) in [6, 6.07) is 9.47.